The zero-order chi connectivity index (χ0) is 29.9. The van der Waals surface area contributed by atoms with Crippen molar-refractivity contribution in [2.24, 2.45) is 29.4 Å². The maximum atomic E-state index is 14.1. The molecule has 1 heterocycles. The van der Waals surface area contributed by atoms with Crippen molar-refractivity contribution in [2.45, 2.75) is 71.8 Å². The number of carbonyl (C=O) groups is 3. The molecule has 1 saturated carbocycles. The first-order valence-corrected chi connectivity index (χ1v) is 15.3. The van der Waals surface area contributed by atoms with Gasteiger partial charge in [-0.3, -0.25) is 19.3 Å². The molecule has 5 aliphatic rings. The van der Waals surface area contributed by atoms with Crippen LogP contribution in [0.3, 0.4) is 0 Å². The largest absolute Gasteiger partial charge is 0.512 e. The van der Waals surface area contributed by atoms with E-state index in [4.69, 9.17) is 5.73 Å². The Labute approximate surface area is 246 Å². The minimum absolute atomic E-state index is 0.0103. The Bertz CT molecular complexity index is 1510. The lowest BCUT2D eigenvalue weighted by Gasteiger charge is -2.43. The van der Waals surface area contributed by atoms with Gasteiger partial charge in [0, 0.05) is 25.0 Å². The summed E-state index contributed by atoms with van der Waals surface area (Å²) in [6, 6.07) is 6.67. The summed E-state index contributed by atoms with van der Waals surface area (Å²) in [7, 11) is 0. The van der Waals surface area contributed by atoms with Gasteiger partial charge in [0.15, 0.2) is 11.6 Å². The number of hydrogen-bond acceptors (Lipinski definition) is 7. The first kappa shape index (κ1) is 28.5. The van der Waals surface area contributed by atoms with Gasteiger partial charge in [-0.05, 0) is 96.9 Å². The first-order valence-electron chi connectivity index (χ1n) is 15.3. The topological polar surface area (TPSA) is 141 Å². The maximum absolute atomic E-state index is 14.1. The lowest BCUT2D eigenvalue weighted by Crippen LogP contribution is -2.43. The second kappa shape index (κ2) is 10.9. The van der Waals surface area contributed by atoms with Crippen molar-refractivity contribution >= 4 is 23.0 Å². The molecular weight excluding hydrogens is 532 g/mol. The number of hydrogen-bond donors (Lipinski definition) is 4. The molecule has 42 heavy (non-hydrogen) atoms. The van der Waals surface area contributed by atoms with Crippen LogP contribution in [-0.2, 0) is 27.3 Å². The number of benzene rings is 1. The van der Waals surface area contributed by atoms with Gasteiger partial charge in [0.05, 0.1) is 11.5 Å². The van der Waals surface area contributed by atoms with Gasteiger partial charge in [-0.2, -0.15) is 0 Å². The summed E-state index contributed by atoms with van der Waals surface area (Å²) in [5.41, 5.74) is 10.7. The van der Waals surface area contributed by atoms with E-state index in [1.165, 1.54) is 30.4 Å². The maximum Gasteiger partial charge on any atom is 0.255 e. The van der Waals surface area contributed by atoms with E-state index in [0.29, 0.717) is 19.3 Å². The van der Waals surface area contributed by atoms with Gasteiger partial charge in [-0.15, -0.1) is 0 Å². The minimum Gasteiger partial charge on any atom is -0.512 e. The van der Waals surface area contributed by atoms with Crippen LogP contribution in [0.15, 0.2) is 57.8 Å². The lowest BCUT2D eigenvalue weighted by molar-refractivity contribution is -0.126. The molecule has 1 aliphatic heterocycles. The van der Waals surface area contributed by atoms with Crippen LogP contribution in [0, 0.1) is 23.7 Å². The average molecular weight is 573 g/mol. The summed E-state index contributed by atoms with van der Waals surface area (Å²) in [6.45, 7) is 7.29. The number of likely N-dealkylation sites (tertiary alicyclic amines) is 1. The van der Waals surface area contributed by atoms with Gasteiger partial charge in [0.2, 0.25) is 0 Å². The Hall–Kier alpha value is -3.65. The van der Waals surface area contributed by atoms with Gasteiger partial charge in [0.25, 0.3) is 5.91 Å². The minimum atomic E-state index is -1.10. The summed E-state index contributed by atoms with van der Waals surface area (Å²) in [5.74, 6) is -4.87. The highest BCUT2D eigenvalue weighted by molar-refractivity contribution is 6.22. The van der Waals surface area contributed by atoms with E-state index in [9.17, 15) is 29.7 Å². The van der Waals surface area contributed by atoms with E-state index in [2.05, 4.69) is 36.9 Å². The molecule has 2 fully saturated rings. The van der Waals surface area contributed by atoms with Crippen molar-refractivity contribution < 1.29 is 29.7 Å². The van der Waals surface area contributed by atoms with Crippen LogP contribution in [-0.4, -0.2) is 50.8 Å². The normalized spacial score (nSPS) is 28.6. The van der Waals surface area contributed by atoms with Gasteiger partial charge < -0.3 is 21.1 Å². The van der Waals surface area contributed by atoms with Crippen molar-refractivity contribution in [3.8, 4) is 0 Å². The second-order valence-electron chi connectivity index (χ2n) is 12.8. The number of ketones is 2. The number of aliphatic hydroxyl groups excluding tert-OH is 3. The summed E-state index contributed by atoms with van der Waals surface area (Å²) in [4.78, 5) is 41.7. The number of aliphatic hydroxyl groups is 3. The number of nitrogens with two attached hydrogens (primary N) is 1. The number of allylic oxidation sites excluding steroid dienone is 7. The number of carbonyl (C=O) groups excluding carboxylic acids is 3. The molecule has 0 radical (unpaired) electrons. The third-order valence-electron chi connectivity index (χ3n) is 10.1. The summed E-state index contributed by atoms with van der Waals surface area (Å²) >= 11 is 0. The number of amides is 1. The Morgan fingerprint density at radius 2 is 1.74 bits per heavy atom. The van der Waals surface area contributed by atoms with E-state index in [1.807, 2.05) is 0 Å². The first-order chi connectivity index (χ1) is 20.1. The number of aryl methyl sites for hydroxylation is 1. The molecule has 5 N–H and O–H groups in total. The molecule has 0 aromatic heterocycles. The number of fused-ring (bicyclic) bond motifs is 3. The number of primary amides is 1. The number of piperidine rings is 1. The molecule has 1 aromatic carbocycles. The fourth-order valence-electron chi connectivity index (χ4n) is 8.20. The van der Waals surface area contributed by atoms with Crippen LogP contribution >= 0.6 is 0 Å². The fourth-order valence-corrected chi connectivity index (χ4v) is 8.20. The van der Waals surface area contributed by atoms with E-state index >= 15 is 0 Å². The van der Waals surface area contributed by atoms with Crippen molar-refractivity contribution in [3.63, 3.8) is 0 Å². The molecule has 1 amide bonds. The molecule has 4 unspecified atom stereocenters. The van der Waals surface area contributed by atoms with Crippen LogP contribution in [0.4, 0.5) is 0 Å². The molecule has 4 aliphatic carbocycles. The Balaban J connectivity index is 1.44. The lowest BCUT2D eigenvalue weighted by atomic mass is 9.60. The van der Waals surface area contributed by atoms with Gasteiger partial charge in [-0.1, -0.05) is 32.4 Å². The summed E-state index contributed by atoms with van der Waals surface area (Å²) in [6.07, 6.45) is 5.73. The summed E-state index contributed by atoms with van der Waals surface area (Å²) < 4.78 is 0. The van der Waals surface area contributed by atoms with Gasteiger partial charge in [0.1, 0.15) is 22.9 Å². The van der Waals surface area contributed by atoms with E-state index in [1.54, 1.807) is 0 Å². The van der Waals surface area contributed by atoms with Crippen LogP contribution in [0.5, 0.6) is 0 Å². The van der Waals surface area contributed by atoms with Crippen molar-refractivity contribution in [2.75, 3.05) is 13.1 Å². The highest BCUT2D eigenvalue weighted by Crippen LogP contribution is 2.54. The smallest absolute Gasteiger partial charge is 0.255 e. The molecule has 0 bridgehead atoms. The van der Waals surface area contributed by atoms with Gasteiger partial charge in [-0.25, -0.2) is 0 Å². The highest BCUT2D eigenvalue weighted by Gasteiger charge is 2.51. The third-order valence-corrected chi connectivity index (χ3v) is 10.1. The van der Waals surface area contributed by atoms with Crippen LogP contribution in [0.25, 0.3) is 5.57 Å². The standard InChI is InChI=1S/C34H40N2O6/c1-3-19-8-7-18(16-36-9-5-4-6-10-36)12-22(19)26-17(2)11-24(37)29-23(26)14-20-13-21-15-25(38)30(34(35)42)33(41)28(21)31(39)27(20)32(29)40/h7-8,12,17,20-21,28,37-39H,3-6,9-11,13-16H2,1-2H3,(H2,35,42). The molecule has 1 saturated heterocycles. The number of nitrogens with zero attached hydrogens (tertiary/aromatic N) is 1. The number of rotatable bonds is 5. The highest BCUT2D eigenvalue weighted by atomic mass is 16.3. The molecule has 6 rings (SSSR count). The molecule has 222 valence electrons. The molecular formula is C34H40N2O6. The molecule has 8 nitrogen and oxygen atoms in total. The zero-order valence-corrected chi connectivity index (χ0v) is 24.4. The average Bonchev–Trinajstić information content (AvgIpc) is 2.93. The van der Waals surface area contributed by atoms with Crippen molar-refractivity contribution in [3.05, 3.63) is 74.5 Å². The molecule has 0 spiro atoms. The quantitative estimate of drug-likeness (QED) is 0.358. The van der Waals surface area contributed by atoms with Crippen LogP contribution < -0.4 is 5.73 Å². The third kappa shape index (κ3) is 4.60. The van der Waals surface area contributed by atoms with Crippen molar-refractivity contribution in [1.29, 1.82) is 0 Å². The number of Topliss-reactive ketones (excluding diaryl/α,β-unsaturated/α-hetero) is 2. The van der Waals surface area contributed by atoms with E-state index in [-0.39, 0.29) is 46.7 Å². The van der Waals surface area contributed by atoms with Crippen LogP contribution in [0.1, 0.15) is 75.5 Å². The molecule has 4 atom stereocenters. The Kier molecular flexibility index (Phi) is 7.37. The second-order valence-corrected chi connectivity index (χ2v) is 12.8. The SMILES string of the molecule is CCc1ccc(CN2CCCCC2)cc1C1=C2CC3CC4CC(O)=C(C(N)=O)C(=O)C4C(O)=C3C(=O)C2=C(O)CC1C. The predicted octanol–water partition coefficient (Wildman–Crippen LogP) is 5.15. The molecule has 1 aromatic rings. The monoisotopic (exact) mass is 572 g/mol. The van der Waals surface area contributed by atoms with Gasteiger partial charge >= 0.3 is 0 Å². The van der Waals surface area contributed by atoms with E-state index < -0.39 is 34.9 Å². The molecule has 8 heteroatoms. The van der Waals surface area contributed by atoms with E-state index in [0.717, 1.165) is 42.8 Å². The Morgan fingerprint density at radius 3 is 2.43 bits per heavy atom. The summed E-state index contributed by atoms with van der Waals surface area (Å²) in [5, 5.41) is 33.0. The predicted molar refractivity (Wildman–Crippen MR) is 158 cm³/mol. The van der Waals surface area contributed by atoms with Crippen LogP contribution in [0.2, 0.25) is 0 Å². The Morgan fingerprint density at radius 1 is 1.00 bits per heavy atom. The zero-order valence-electron chi connectivity index (χ0n) is 24.4. The van der Waals surface area contributed by atoms with Crippen molar-refractivity contribution in [1.82, 2.24) is 4.90 Å². The fraction of sp³-hybridized carbons (Fsp3) is 0.500.